The molecule has 0 spiro atoms. The fourth-order valence-corrected chi connectivity index (χ4v) is 5.07. The second-order valence-electron chi connectivity index (χ2n) is 7.30. The molecule has 2 heterocycles. The Hall–Kier alpha value is -3.37. The molecule has 1 amide bonds. The molecule has 152 valence electrons. The summed E-state index contributed by atoms with van der Waals surface area (Å²) in [4.78, 5) is 25.7. The third kappa shape index (κ3) is 3.74. The van der Waals surface area contributed by atoms with Crippen molar-refractivity contribution in [2.45, 2.75) is 33.1 Å². The van der Waals surface area contributed by atoms with Crippen molar-refractivity contribution in [3.8, 4) is 11.8 Å². The largest absolute Gasteiger partial charge is 0.452 e. The Morgan fingerprint density at radius 3 is 2.50 bits per heavy atom. The topological polar surface area (TPSA) is 84.1 Å². The van der Waals surface area contributed by atoms with E-state index >= 15 is 0 Å². The Morgan fingerprint density at radius 2 is 1.83 bits per heavy atom. The number of aromatic nitrogens is 1. The van der Waals surface area contributed by atoms with Crippen LogP contribution < -0.4 is 5.32 Å². The Kier molecular flexibility index (Phi) is 5.42. The summed E-state index contributed by atoms with van der Waals surface area (Å²) in [6.45, 7) is 3.64. The number of thiophene rings is 1. The zero-order valence-corrected chi connectivity index (χ0v) is 17.6. The van der Waals surface area contributed by atoms with Gasteiger partial charge in [-0.25, -0.2) is 4.79 Å². The Morgan fingerprint density at radius 1 is 1.13 bits per heavy atom. The minimum absolute atomic E-state index is 0.377. The highest BCUT2D eigenvalue weighted by molar-refractivity contribution is 7.16. The molecule has 0 atom stereocenters. The quantitative estimate of drug-likeness (QED) is 0.625. The van der Waals surface area contributed by atoms with Crippen LogP contribution in [0.15, 0.2) is 36.4 Å². The van der Waals surface area contributed by atoms with Crippen molar-refractivity contribution in [1.82, 2.24) is 4.57 Å². The number of carbonyl (C=O) groups excluding carboxylic acids is 2. The van der Waals surface area contributed by atoms with E-state index in [9.17, 15) is 14.9 Å². The van der Waals surface area contributed by atoms with Crippen LogP contribution in [0.3, 0.4) is 0 Å². The molecule has 0 bridgehead atoms. The second kappa shape index (κ2) is 8.17. The summed E-state index contributed by atoms with van der Waals surface area (Å²) in [5, 5.41) is 12.7. The lowest BCUT2D eigenvalue weighted by atomic mass is 10.1. The highest BCUT2D eigenvalue weighted by Crippen LogP contribution is 2.38. The summed E-state index contributed by atoms with van der Waals surface area (Å²) in [6.07, 6.45) is 2.86. The van der Waals surface area contributed by atoms with Gasteiger partial charge in [0.2, 0.25) is 0 Å². The predicted molar refractivity (Wildman–Crippen MR) is 115 cm³/mol. The van der Waals surface area contributed by atoms with Gasteiger partial charge in [0.1, 0.15) is 11.1 Å². The number of anilines is 1. The van der Waals surface area contributed by atoms with Crippen LogP contribution in [0.2, 0.25) is 0 Å². The molecule has 6 nitrogen and oxygen atoms in total. The number of hydrogen-bond acceptors (Lipinski definition) is 5. The van der Waals surface area contributed by atoms with Crippen LogP contribution in [-0.4, -0.2) is 23.1 Å². The molecule has 1 aromatic carbocycles. The number of carbonyl (C=O) groups is 2. The second-order valence-corrected chi connectivity index (χ2v) is 8.40. The molecule has 0 saturated heterocycles. The normalized spacial score (nSPS) is 12.3. The van der Waals surface area contributed by atoms with Gasteiger partial charge in [0.15, 0.2) is 6.61 Å². The minimum Gasteiger partial charge on any atom is -0.452 e. The number of esters is 1. The molecule has 2 aromatic heterocycles. The first-order chi connectivity index (χ1) is 14.5. The molecule has 0 unspecified atom stereocenters. The number of nitriles is 1. The number of aryl methyl sites for hydroxylation is 3. The van der Waals surface area contributed by atoms with Crippen molar-refractivity contribution in [3.05, 3.63) is 69.4 Å². The maximum absolute atomic E-state index is 12.3. The molecular formula is C23H21N3O3S. The number of amides is 1. The molecule has 4 rings (SSSR count). The molecule has 0 fully saturated rings. The zero-order valence-electron chi connectivity index (χ0n) is 16.8. The van der Waals surface area contributed by atoms with E-state index in [1.165, 1.54) is 11.3 Å². The van der Waals surface area contributed by atoms with Crippen molar-refractivity contribution in [2.24, 2.45) is 0 Å². The van der Waals surface area contributed by atoms with Gasteiger partial charge in [0.25, 0.3) is 5.91 Å². The van der Waals surface area contributed by atoms with Crippen LogP contribution >= 0.6 is 11.3 Å². The average Bonchev–Trinajstić information content (AvgIpc) is 3.41. The number of nitrogens with zero attached hydrogens (tertiary/aromatic N) is 2. The molecule has 0 aliphatic heterocycles. The highest BCUT2D eigenvalue weighted by Gasteiger charge is 2.23. The fourth-order valence-electron chi connectivity index (χ4n) is 3.81. The van der Waals surface area contributed by atoms with E-state index in [2.05, 4.69) is 16.0 Å². The lowest BCUT2D eigenvalue weighted by molar-refractivity contribution is -0.119. The van der Waals surface area contributed by atoms with Crippen molar-refractivity contribution in [2.75, 3.05) is 11.9 Å². The first-order valence-corrected chi connectivity index (χ1v) is 10.6. The van der Waals surface area contributed by atoms with Gasteiger partial charge in [0, 0.05) is 22.0 Å². The fraction of sp³-hybridized carbons (Fsp3) is 0.261. The van der Waals surface area contributed by atoms with Crippen LogP contribution in [0.5, 0.6) is 0 Å². The van der Waals surface area contributed by atoms with E-state index in [0.717, 1.165) is 46.8 Å². The molecule has 30 heavy (non-hydrogen) atoms. The summed E-state index contributed by atoms with van der Waals surface area (Å²) >= 11 is 1.44. The predicted octanol–water partition coefficient (Wildman–Crippen LogP) is 4.31. The lowest BCUT2D eigenvalue weighted by Gasteiger charge is -2.10. The maximum Gasteiger partial charge on any atom is 0.338 e. The van der Waals surface area contributed by atoms with Gasteiger partial charge in [-0.05, 0) is 75.1 Å². The van der Waals surface area contributed by atoms with Crippen molar-refractivity contribution < 1.29 is 14.3 Å². The van der Waals surface area contributed by atoms with Gasteiger partial charge >= 0.3 is 5.97 Å². The van der Waals surface area contributed by atoms with Gasteiger partial charge < -0.3 is 14.6 Å². The summed E-state index contributed by atoms with van der Waals surface area (Å²) in [7, 11) is 0. The molecular weight excluding hydrogens is 398 g/mol. The molecule has 7 heteroatoms. The summed E-state index contributed by atoms with van der Waals surface area (Å²) in [6, 6.07) is 13.3. The first kappa shape index (κ1) is 19.9. The van der Waals surface area contributed by atoms with Crippen LogP contribution in [0.25, 0.3) is 5.69 Å². The van der Waals surface area contributed by atoms with E-state index in [1.54, 1.807) is 12.1 Å². The third-order valence-corrected chi connectivity index (χ3v) is 6.46. The average molecular weight is 420 g/mol. The molecule has 1 N–H and O–H groups in total. The van der Waals surface area contributed by atoms with Crippen molar-refractivity contribution >= 4 is 28.2 Å². The Bertz CT molecular complexity index is 1150. The lowest BCUT2D eigenvalue weighted by Crippen LogP contribution is -2.21. The highest BCUT2D eigenvalue weighted by atomic mass is 32.1. The minimum atomic E-state index is -0.563. The first-order valence-electron chi connectivity index (χ1n) is 9.75. The van der Waals surface area contributed by atoms with Gasteiger partial charge in [-0.1, -0.05) is 0 Å². The molecule has 1 aliphatic carbocycles. The van der Waals surface area contributed by atoms with Crippen LogP contribution in [-0.2, 0) is 22.4 Å². The number of benzene rings is 1. The van der Waals surface area contributed by atoms with E-state index in [4.69, 9.17) is 4.74 Å². The molecule has 1 aliphatic rings. The molecule has 0 radical (unpaired) electrons. The summed E-state index contributed by atoms with van der Waals surface area (Å²) in [5.74, 6) is -1.01. The summed E-state index contributed by atoms with van der Waals surface area (Å²) in [5.41, 5.74) is 5.13. The van der Waals surface area contributed by atoms with E-state index in [0.29, 0.717) is 16.1 Å². The van der Waals surface area contributed by atoms with E-state index in [-0.39, 0.29) is 0 Å². The van der Waals surface area contributed by atoms with Gasteiger partial charge in [-0.15, -0.1) is 11.3 Å². The third-order valence-electron chi connectivity index (χ3n) is 5.25. The van der Waals surface area contributed by atoms with Crippen molar-refractivity contribution in [3.63, 3.8) is 0 Å². The van der Waals surface area contributed by atoms with Crippen molar-refractivity contribution in [1.29, 1.82) is 5.26 Å². The monoisotopic (exact) mass is 419 g/mol. The smallest absolute Gasteiger partial charge is 0.338 e. The Balaban J connectivity index is 1.37. The zero-order chi connectivity index (χ0) is 21.3. The van der Waals surface area contributed by atoms with Crippen LogP contribution in [0.4, 0.5) is 5.00 Å². The van der Waals surface area contributed by atoms with Crippen LogP contribution in [0, 0.1) is 25.2 Å². The van der Waals surface area contributed by atoms with E-state index in [1.807, 2.05) is 38.1 Å². The standard InChI is InChI=1S/C23H21N3O3S/c1-14-6-7-15(2)26(14)17-10-8-16(9-11-17)23(28)29-13-21(27)25-22-19(12-24)18-4-3-5-20(18)30-22/h6-11H,3-5,13H2,1-2H3,(H,25,27). The number of rotatable bonds is 5. The maximum atomic E-state index is 12.3. The molecule has 0 saturated carbocycles. The number of fused-ring (bicyclic) bond motifs is 1. The number of nitrogens with one attached hydrogen (secondary N) is 1. The Labute approximate surface area is 178 Å². The SMILES string of the molecule is Cc1ccc(C)n1-c1ccc(C(=O)OCC(=O)Nc2sc3c(c2C#N)CCC3)cc1. The van der Waals surface area contributed by atoms with E-state index < -0.39 is 18.5 Å². The molecule has 3 aromatic rings. The van der Waals surface area contributed by atoms with Crippen LogP contribution in [0.1, 0.15) is 44.2 Å². The van der Waals surface area contributed by atoms with Gasteiger partial charge in [0.05, 0.1) is 11.1 Å². The summed E-state index contributed by atoms with van der Waals surface area (Å²) < 4.78 is 7.25. The van der Waals surface area contributed by atoms with Gasteiger partial charge in [-0.3, -0.25) is 4.79 Å². The number of ether oxygens (including phenoxy) is 1. The number of hydrogen-bond donors (Lipinski definition) is 1. The van der Waals surface area contributed by atoms with Gasteiger partial charge in [-0.2, -0.15) is 5.26 Å².